The summed E-state index contributed by atoms with van der Waals surface area (Å²) < 4.78 is 0. The Labute approximate surface area is 149 Å². The maximum Gasteiger partial charge on any atom is 0.303 e. The van der Waals surface area contributed by atoms with Gasteiger partial charge in [0.1, 0.15) is 6.10 Å². The van der Waals surface area contributed by atoms with E-state index in [0.29, 0.717) is 18.8 Å². The van der Waals surface area contributed by atoms with E-state index in [-0.39, 0.29) is 24.5 Å². The molecule has 0 aromatic rings. The van der Waals surface area contributed by atoms with Crippen molar-refractivity contribution in [3.63, 3.8) is 0 Å². The third kappa shape index (κ3) is 6.42. The van der Waals surface area contributed by atoms with Crippen LogP contribution in [0.4, 0.5) is 0 Å². The van der Waals surface area contributed by atoms with Gasteiger partial charge in [-0.2, -0.15) is 0 Å². The number of aliphatic hydroxyl groups is 1. The molecule has 5 atom stereocenters. The van der Waals surface area contributed by atoms with E-state index in [2.05, 4.69) is 31.2 Å². The summed E-state index contributed by atoms with van der Waals surface area (Å²) in [6.07, 6.45) is 17.0. The topological polar surface area (TPSA) is 76.0 Å². The van der Waals surface area contributed by atoms with E-state index in [1.54, 1.807) is 0 Å². The molecule has 1 aliphatic heterocycles. The molecule has 0 aromatic carbocycles. The third-order valence-electron chi connectivity index (χ3n) is 4.84. The average molecular weight is 350 g/mol. The van der Waals surface area contributed by atoms with Crippen molar-refractivity contribution in [1.29, 1.82) is 0 Å². The molecule has 0 spiro atoms. The van der Waals surface area contributed by atoms with Gasteiger partial charge in [-0.3, -0.25) is 4.79 Å². The molecule has 5 heteroatoms. The molecule has 2 bridgehead atoms. The zero-order valence-electron chi connectivity index (χ0n) is 14.9. The van der Waals surface area contributed by atoms with E-state index in [1.807, 2.05) is 12.2 Å². The molecule has 5 unspecified atom stereocenters. The van der Waals surface area contributed by atoms with Crippen molar-refractivity contribution in [2.75, 3.05) is 0 Å². The first kappa shape index (κ1) is 19.9. The summed E-state index contributed by atoms with van der Waals surface area (Å²) in [6, 6.07) is 0. The number of rotatable bonds is 11. The monoisotopic (exact) mass is 350 g/mol. The molecule has 0 radical (unpaired) electrons. The van der Waals surface area contributed by atoms with Crippen LogP contribution < -0.4 is 0 Å². The van der Waals surface area contributed by atoms with Crippen LogP contribution in [0.1, 0.15) is 51.9 Å². The van der Waals surface area contributed by atoms with E-state index < -0.39 is 12.1 Å². The summed E-state index contributed by atoms with van der Waals surface area (Å²) in [5, 5.41) is 18.7. The summed E-state index contributed by atoms with van der Waals surface area (Å²) in [7, 11) is 0. The standard InChI is InChI=1S/C20H30O5/c1-2-3-6-9-15(21)12-13-17-16(18-14-19(17)25-24-18)10-7-4-5-8-11-20(22)23/h3-4,6-7,12-13,15-19,21H,2,5,8-11,14H2,1H3,(H,22,23). The second-order valence-corrected chi connectivity index (χ2v) is 6.81. The minimum absolute atomic E-state index is 0.0741. The van der Waals surface area contributed by atoms with Gasteiger partial charge in [0.15, 0.2) is 0 Å². The molecule has 1 heterocycles. The summed E-state index contributed by atoms with van der Waals surface area (Å²) in [5.41, 5.74) is 0. The van der Waals surface area contributed by atoms with Crippen LogP contribution in [-0.4, -0.2) is 34.5 Å². The molecule has 2 N–H and O–H groups in total. The first-order valence-corrected chi connectivity index (χ1v) is 9.32. The van der Waals surface area contributed by atoms with Gasteiger partial charge in [0.2, 0.25) is 0 Å². The fourth-order valence-electron chi connectivity index (χ4n) is 3.50. The second kappa shape index (κ2) is 10.5. The zero-order valence-corrected chi connectivity index (χ0v) is 14.9. The second-order valence-electron chi connectivity index (χ2n) is 6.81. The van der Waals surface area contributed by atoms with Crippen molar-refractivity contribution in [2.24, 2.45) is 11.8 Å². The van der Waals surface area contributed by atoms with E-state index in [1.165, 1.54) is 0 Å². The van der Waals surface area contributed by atoms with Crippen molar-refractivity contribution in [3.8, 4) is 0 Å². The lowest BCUT2D eigenvalue weighted by Crippen LogP contribution is -2.28. The highest BCUT2D eigenvalue weighted by Crippen LogP contribution is 2.44. The number of carboxylic acids is 1. The molecule has 140 valence electrons. The minimum atomic E-state index is -0.746. The number of fused-ring (bicyclic) bond motifs is 2. The Bertz CT molecular complexity index is 496. The lowest BCUT2D eigenvalue weighted by atomic mass is 9.89. The highest BCUT2D eigenvalue weighted by molar-refractivity contribution is 5.66. The minimum Gasteiger partial charge on any atom is -0.481 e. The van der Waals surface area contributed by atoms with Crippen LogP contribution in [0.3, 0.4) is 0 Å². The van der Waals surface area contributed by atoms with Crippen LogP contribution in [0.25, 0.3) is 0 Å². The summed E-state index contributed by atoms with van der Waals surface area (Å²) in [4.78, 5) is 21.2. The lowest BCUT2D eigenvalue weighted by molar-refractivity contribution is -0.336. The predicted molar refractivity (Wildman–Crippen MR) is 95.8 cm³/mol. The Kier molecular flexibility index (Phi) is 8.38. The van der Waals surface area contributed by atoms with Gasteiger partial charge in [-0.15, -0.1) is 0 Å². The fraction of sp³-hybridized carbons (Fsp3) is 0.650. The summed E-state index contributed by atoms with van der Waals surface area (Å²) in [6.45, 7) is 2.07. The number of carbonyl (C=O) groups is 1. The van der Waals surface area contributed by atoms with Crippen LogP contribution >= 0.6 is 0 Å². The molecule has 2 aliphatic rings. The Morgan fingerprint density at radius 3 is 2.76 bits per heavy atom. The first-order valence-electron chi connectivity index (χ1n) is 9.32. The number of aliphatic carboxylic acids is 1. The zero-order chi connectivity index (χ0) is 18.1. The van der Waals surface area contributed by atoms with E-state index in [4.69, 9.17) is 14.9 Å². The van der Waals surface area contributed by atoms with E-state index in [0.717, 1.165) is 25.7 Å². The molecule has 5 nitrogen and oxygen atoms in total. The predicted octanol–water partition coefficient (Wildman–Crippen LogP) is 3.80. The van der Waals surface area contributed by atoms with Crippen LogP contribution in [0.2, 0.25) is 0 Å². The van der Waals surface area contributed by atoms with Gasteiger partial charge in [0.25, 0.3) is 0 Å². The first-order chi connectivity index (χ1) is 12.1. The van der Waals surface area contributed by atoms with Crippen LogP contribution in [0, 0.1) is 11.8 Å². The summed E-state index contributed by atoms with van der Waals surface area (Å²) >= 11 is 0. The molecule has 2 fully saturated rings. The highest BCUT2D eigenvalue weighted by Gasteiger charge is 2.49. The Morgan fingerprint density at radius 2 is 2.00 bits per heavy atom. The molecule has 25 heavy (non-hydrogen) atoms. The molecule has 1 saturated carbocycles. The Morgan fingerprint density at radius 1 is 1.20 bits per heavy atom. The molecule has 0 aromatic heterocycles. The summed E-state index contributed by atoms with van der Waals surface area (Å²) in [5.74, 6) is -0.138. The van der Waals surface area contributed by atoms with Gasteiger partial charge in [0.05, 0.1) is 12.2 Å². The quantitative estimate of drug-likeness (QED) is 0.337. The number of hydrogen-bond acceptors (Lipinski definition) is 4. The maximum absolute atomic E-state index is 10.5. The molecule has 2 rings (SSSR count). The normalized spacial score (nSPS) is 30.2. The maximum atomic E-state index is 10.5. The van der Waals surface area contributed by atoms with Gasteiger partial charge in [-0.25, -0.2) is 9.78 Å². The van der Waals surface area contributed by atoms with Gasteiger partial charge in [-0.1, -0.05) is 43.4 Å². The van der Waals surface area contributed by atoms with Crippen molar-refractivity contribution in [3.05, 3.63) is 36.5 Å². The number of hydrogen-bond donors (Lipinski definition) is 2. The smallest absolute Gasteiger partial charge is 0.303 e. The van der Waals surface area contributed by atoms with Gasteiger partial charge in [0, 0.05) is 24.7 Å². The molecule has 1 aliphatic carbocycles. The number of allylic oxidation sites excluding steroid dienone is 3. The number of aliphatic hydroxyl groups excluding tert-OH is 1. The van der Waals surface area contributed by atoms with E-state index >= 15 is 0 Å². The van der Waals surface area contributed by atoms with Gasteiger partial charge in [-0.05, 0) is 32.1 Å². The Balaban J connectivity index is 1.81. The lowest BCUT2D eigenvalue weighted by Gasteiger charge is -2.27. The van der Waals surface area contributed by atoms with Crippen molar-refractivity contribution >= 4 is 5.97 Å². The van der Waals surface area contributed by atoms with Gasteiger partial charge < -0.3 is 10.2 Å². The van der Waals surface area contributed by atoms with Crippen LogP contribution in [-0.2, 0) is 14.6 Å². The van der Waals surface area contributed by atoms with Crippen molar-refractivity contribution in [2.45, 2.75) is 70.2 Å². The molecule has 0 amide bonds. The Hall–Kier alpha value is -1.43. The van der Waals surface area contributed by atoms with Crippen molar-refractivity contribution < 1.29 is 24.8 Å². The molecular weight excluding hydrogens is 320 g/mol. The fourth-order valence-corrected chi connectivity index (χ4v) is 3.50. The highest BCUT2D eigenvalue weighted by atomic mass is 17.2. The molecule has 1 saturated heterocycles. The number of carboxylic acid groups (broad SMARTS) is 1. The third-order valence-corrected chi connectivity index (χ3v) is 4.84. The number of unbranched alkanes of at least 4 members (excludes halogenated alkanes) is 1. The van der Waals surface area contributed by atoms with Crippen LogP contribution in [0.15, 0.2) is 36.5 Å². The average Bonchev–Trinajstić information content (AvgIpc) is 3.17. The largest absolute Gasteiger partial charge is 0.481 e. The van der Waals surface area contributed by atoms with Gasteiger partial charge >= 0.3 is 5.97 Å². The SMILES string of the molecule is CCC=CCC(O)C=CC1C2CC(OO2)C1CC=CCCCC(=O)O. The van der Waals surface area contributed by atoms with Crippen molar-refractivity contribution in [1.82, 2.24) is 0 Å². The van der Waals surface area contributed by atoms with E-state index in [9.17, 15) is 9.90 Å². The molecular formula is C20H30O5. The van der Waals surface area contributed by atoms with Crippen LogP contribution in [0.5, 0.6) is 0 Å².